The van der Waals surface area contributed by atoms with Crippen molar-refractivity contribution in [1.82, 2.24) is 5.32 Å². The summed E-state index contributed by atoms with van der Waals surface area (Å²) in [6.45, 7) is 0. The second-order valence-electron chi connectivity index (χ2n) is 3.07. The molecule has 1 aliphatic rings. The first kappa shape index (κ1) is 10.2. The Morgan fingerprint density at radius 2 is 2.42 bits per heavy atom. The van der Waals surface area contributed by atoms with Gasteiger partial charge in [0.2, 0.25) is 5.91 Å². The van der Waals surface area contributed by atoms with Crippen molar-refractivity contribution < 1.29 is 4.79 Å². The molecule has 0 spiro atoms. The van der Waals surface area contributed by atoms with E-state index >= 15 is 0 Å². The molecule has 1 aliphatic carbocycles. The first-order chi connectivity index (χ1) is 5.76. The summed E-state index contributed by atoms with van der Waals surface area (Å²) >= 11 is 7.27. The second-order valence-corrected chi connectivity index (χ2v) is 4.47. The van der Waals surface area contributed by atoms with Crippen molar-refractivity contribution >= 4 is 29.3 Å². The van der Waals surface area contributed by atoms with Crippen LogP contribution in [0.4, 0.5) is 0 Å². The van der Waals surface area contributed by atoms with Gasteiger partial charge in [0, 0.05) is 11.3 Å². The van der Waals surface area contributed by atoms with Crippen molar-refractivity contribution in [2.75, 3.05) is 12.1 Å². The van der Waals surface area contributed by atoms with Gasteiger partial charge in [0.15, 0.2) is 0 Å². The van der Waals surface area contributed by atoms with Crippen LogP contribution in [0.5, 0.6) is 0 Å². The molecular weight excluding hydrogens is 194 g/mol. The molecule has 70 valence electrons. The smallest absolute Gasteiger partial charge is 0.235 e. The Balaban J connectivity index is 2.23. The maximum Gasteiger partial charge on any atom is 0.235 e. The molecule has 0 aliphatic heterocycles. The van der Waals surface area contributed by atoms with Gasteiger partial charge in [-0.15, -0.1) is 11.6 Å². The van der Waals surface area contributed by atoms with Crippen molar-refractivity contribution in [1.29, 1.82) is 0 Å². The molecule has 1 fully saturated rings. The van der Waals surface area contributed by atoms with Gasteiger partial charge in [-0.1, -0.05) is 0 Å². The molecule has 2 atom stereocenters. The number of nitrogens with one attached hydrogen (secondary N) is 1. The van der Waals surface area contributed by atoms with Gasteiger partial charge < -0.3 is 5.32 Å². The van der Waals surface area contributed by atoms with E-state index in [2.05, 4.69) is 11.6 Å². The lowest BCUT2D eigenvalue weighted by atomic mass is 10.2. The molecule has 0 heterocycles. The lowest BCUT2D eigenvalue weighted by molar-refractivity contribution is -0.119. The van der Waals surface area contributed by atoms with Crippen molar-refractivity contribution in [3.8, 4) is 0 Å². The summed E-state index contributed by atoms with van der Waals surface area (Å²) < 4.78 is 0. The molecule has 1 rings (SSSR count). The summed E-state index contributed by atoms with van der Waals surface area (Å²) in [5, 5.41) is 3.64. The molecule has 1 amide bonds. The van der Waals surface area contributed by atoms with E-state index in [1.807, 2.05) is 11.8 Å². The van der Waals surface area contributed by atoms with Crippen molar-refractivity contribution in [3.05, 3.63) is 0 Å². The van der Waals surface area contributed by atoms with E-state index in [9.17, 15) is 4.79 Å². The number of hydrogen-bond donors (Lipinski definition) is 1. The topological polar surface area (TPSA) is 29.1 Å². The number of rotatable bonds is 3. The Bertz CT molecular complexity index is 165. The third-order valence-electron chi connectivity index (χ3n) is 2.20. The van der Waals surface area contributed by atoms with Gasteiger partial charge in [0.05, 0.1) is 0 Å². The minimum atomic E-state index is -0.0385. The fourth-order valence-corrected chi connectivity index (χ4v) is 2.43. The van der Waals surface area contributed by atoms with E-state index in [-0.39, 0.29) is 11.8 Å². The van der Waals surface area contributed by atoms with E-state index in [0.717, 1.165) is 18.1 Å². The summed E-state index contributed by atoms with van der Waals surface area (Å²) in [5.41, 5.74) is 0. The fraction of sp³-hybridized carbons (Fsp3) is 0.875. The van der Waals surface area contributed by atoms with Gasteiger partial charge in [-0.2, -0.15) is 11.8 Å². The van der Waals surface area contributed by atoms with Crippen LogP contribution >= 0.6 is 23.4 Å². The lowest BCUT2D eigenvalue weighted by Gasteiger charge is -2.10. The van der Waals surface area contributed by atoms with Crippen molar-refractivity contribution in [2.45, 2.75) is 30.6 Å². The number of halogens is 1. The SMILES string of the molecule is CSC1CCC(NC(=O)CCl)C1. The van der Waals surface area contributed by atoms with Gasteiger partial charge in [0.1, 0.15) is 5.88 Å². The van der Waals surface area contributed by atoms with Gasteiger partial charge in [-0.25, -0.2) is 0 Å². The maximum absolute atomic E-state index is 10.9. The molecular formula is C8H14ClNOS. The Hall–Kier alpha value is 0.110. The number of carbonyl (C=O) groups is 1. The standard InChI is InChI=1S/C8H14ClNOS/c1-12-7-3-2-6(4-7)10-8(11)5-9/h6-7H,2-5H2,1H3,(H,10,11). The monoisotopic (exact) mass is 207 g/mol. The number of hydrogen-bond acceptors (Lipinski definition) is 2. The zero-order valence-electron chi connectivity index (χ0n) is 7.18. The largest absolute Gasteiger partial charge is 0.352 e. The first-order valence-corrected chi connectivity index (χ1v) is 5.96. The molecule has 2 nitrogen and oxygen atoms in total. The highest BCUT2D eigenvalue weighted by Crippen LogP contribution is 2.27. The maximum atomic E-state index is 10.9. The molecule has 0 radical (unpaired) electrons. The summed E-state index contributed by atoms with van der Waals surface area (Å²) in [7, 11) is 0. The van der Waals surface area contributed by atoms with E-state index in [0.29, 0.717) is 6.04 Å². The molecule has 0 bridgehead atoms. The van der Waals surface area contributed by atoms with Crippen molar-refractivity contribution in [3.63, 3.8) is 0 Å². The first-order valence-electron chi connectivity index (χ1n) is 4.14. The van der Waals surface area contributed by atoms with E-state index in [1.165, 1.54) is 6.42 Å². The summed E-state index contributed by atoms with van der Waals surface area (Å²) in [6.07, 6.45) is 5.54. The predicted octanol–water partition coefficient (Wildman–Crippen LogP) is 1.63. The zero-order chi connectivity index (χ0) is 8.97. The Labute approximate surface area is 82.4 Å². The molecule has 0 aromatic rings. The van der Waals surface area contributed by atoms with Crippen LogP contribution in [0.3, 0.4) is 0 Å². The minimum absolute atomic E-state index is 0.0385. The van der Waals surface area contributed by atoms with Crippen molar-refractivity contribution in [2.24, 2.45) is 0 Å². The summed E-state index contributed by atoms with van der Waals surface area (Å²) in [6, 6.07) is 0.369. The predicted molar refractivity (Wildman–Crippen MR) is 53.8 cm³/mol. The number of thioether (sulfide) groups is 1. The van der Waals surface area contributed by atoms with Crippen LogP contribution in [-0.4, -0.2) is 29.3 Å². The molecule has 12 heavy (non-hydrogen) atoms. The third-order valence-corrected chi connectivity index (χ3v) is 3.54. The van der Waals surface area contributed by atoms with Crippen LogP contribution in [-0.2, 0) is 4.79 Å². The van der Waals surface area contributed by atoms with Gasteiger partial charge in [-0.05, 0) is 25.5 Å². The van der Waals surface area contributed by atoms with Crippen LogP contribution in [0.2, 0.25) is 0 Å². The minimum Gasteiger partial charge on any atom is -0.352 e. The van der Waals surface area contributed by atoms with Crippen LogP contribution < -0.4 is 5.32 Å². The van der Waals surface area contributed by atoms with E-state index < -0.39 is 0 Å². The quantitative estimate of drug-likeness (QED) is 0.713. The number of alkyl halides is 1. The molecule has 1 N–H and O–H groups in total. The van der Waals surface area contributed by atoms with Gasteiger partial charge in [0.25, 0.3) is 0 Å². The Morgan fingerprint density at radius 1 is 1.67 bits per heavy atom. The number of amides is 1. The number of carbonyl (C=O) groups excluding carboxylic acids is 1. The Morgan fingerprint density at radius 3 is 2.92 bits per heavy atom. The van der Waals surface area contributed by atoms with E-state index in [1.54, 1.807) is 0 Å². The molecule has 0 saturated heterocycles. The van der Waals surface area contributed by atoms with Crippen LogP contribution in [0.15, 0.2) is 0 Å². The highest BCUT2D eigenvalue weighted by atomic mass is 35.5. The van der Waals surface area contributed by atoms with Crippen LogP contribution in [0.1, 0.15) is 19.3 Å². The van der Waals surface area contributed by atoms with E-state index in [4.69, 9.17) is 11.6 Å². The average Bonchev–Trinajstić information content (AvgIpc) is 2.52. The molecule has 1 saturated carbocycles. The van der Waals surface area contributed by atoms with Gasteiger partial charge in [-0.3, -0.25) is 4.79 Å². The molecule has 2 unspecified atom stereocenters. The second kappa shape index (κ2) is 4.97. The normalized spacial score (nSPS) is 28.8. The average molecular weight is 208 g/mol. The molecule has 4 heteroatoms. The fourth-order valence-electron chi connectivity index (χ4n) is 1.55. The molecule has 0 aromatic heterocycles. The highest BCUT2D eigenvalue weighted by molar-refractivity contribution is 7.99. The Kier molecular flexibility index (Phi) is 4.22. The van der Waals surface area contributed by atoms with Crippen LogP contribution in [0.25, 0.3) is 0 Å². The third kappa shape index (κ3) is 2.87. The van der Waals surface area contributed by atoms with Gasteiger partial charge >= 0.3 is 0 Å². The highest BCUT2D eigenvalue weighted by Gasteiger charge is 2.24. The molecule has 0 aromatic carbocycles. The zero-order valence-corrected chi connectivity index (χ0v) is 8.75. The lowest BCUT2D eigenvalue weighted by Crippen LogP contribution is -2.33. The summed E-state index contributed by atoms with van der Waals surface area (Å²) in [5.74, 6) is 0.0453. The summed E-state index contributed by atoms with van der Waals surface area (Å²) in [4.78, 5) is 10.9. The van der Waals surface area contributed by atoms with Crippen LogP contribution in [0, 0.1) is 0 Å².